The summed E-state index contributed by atoms with van der Waals surface area (Å²) in [7, 11) is 0. The van der Waals surface area contributed by atoms with E-state index in [-0.39, 0.29) is 24.5 Å². The van der Waals surface area contributed by atoms with Crippen LogP contribution in [0, 0.1) is 0 Å². The van der Waals surface area contributed by atoms with Crippen LogP contribution in [0.15, 0.2) is 48.5 Å². The SMILES string of the molecule is CC(=O)Nc1ccc(NC(=O)N(C[C@@H](O)c2ccccc2)C2CC2)c(Cl)c1. The maximum atomic E-state index is 12.8. The molecule has 0 aliphatic heterocycles. The molecule has 1 fully saturated rings. The van der Waals surface area contributed by atoms with Crippen LogP contribution in [0.25, 0.3) is 0 Å². The van der Waals surface area contributed by atoms with E-state index in [0.29, 0.717) is 16.4 Å². The maximum Gasteiger partial charge on any atom is 0.322 e. The first-order valence-corrected chi connectivity index (χ1v) is 9.19. The molecule has 0 saturated heterocycles. The lowest BCUT2D eigenvalue weighted by molar-refractivity contribution is -0.114. The second-order valence-electron chi connectivity index (χ2n) is 6.62. The molecule has 3 N–H and O–H groups in total. The standard InChI is InChI=1S/C20H22ClN3O3/c1-13(25)22-15-7-10-18(17(21)11-15)23-20(27)24(16-8-9-16)12-19(26)14-5-3-2-4-6-14/h2-7,10-11,16,19,26H,8-9,12H2,1H3,(H,22,25)(H,23,27)/t19-/m1/s1. The summed E-state index contributed by atoms with van der Waals surface area (Å²) < 4.78 is 0. The number of aliphatic hydroxyl groups excluding tert-OH is 1. The van der Waals surface area contributed by atoms with E-state index in [9.17, 15) is 14.7 Å². The number of rotatable bonds is 6. The molecule has 0 spiro atoms. The minimum absolute atomic E-state index is 0.126. The molecule has 1 aliphatic carbocycles. The first-order chi connectivity index (χ1) is 12.9. The van der Waals surface area contributed by atoms with Gasteiger partial charge < -0.3 is 20.6 Å². The summed E-state index contributed by atoms with van der Waals surface area (Å²) in [4.78, 5) is 25.5. The fraction of sp³-hybridized carbons (Fsp3) is 0.300. The molecule has 27 heavy (non-hydrogen) atoms. The molecule has 7 heteroatoms. The summed E-state index contributed by atoms with van der Waals surface area (Å²) in [5.74, 6) is -0.197. The number of anilines is 2. The zero-order chi connectivity index (χ0) is 19.4. The van der Waals surface area contributed by atoms with Gasteiger partial charge in [0.05, 0.1) is 23.4 Å². The average Bonchev–Trinajstić information content (AvgIpc) is 3.47. The van der Waals surface area contributed by atoms with Crippen molar-refractivity contribution >= 4 is 34.9 Å². The lowest BCUT2D eigenvalue weighted by Crippen LogP contribution is -2.39. The van der Waals surface area contributed by atoms with Crippen molar-refractivity contribution in [2.24, 2.45) is 0 Å². The Labute approximate surface area is 163 Å². The molecule has 0 unspecified atom stereocenters. The minimum atomic E-state index is -0.754. The van der Waals surface area contributed by atoms with E-state index < -0.39 is 6.10 Å². The van der Waals surface area contributed by atoms with Crippen LogP contribution in [0.2, 0.25) is 5.02 Å². The molecule has 2 aromatic carbocycles. The van der Waals surface area contributed by atoms with Crippen molar-refractivity contribution in [3.05, 3.63) is 59.1 Å². The van der Waals surface area contributed by atoms with Gasteiger partial charge >= 0.3 is 6.03 Å². The second-order valence-corrected chi connectivity index (χ2v) is 7.02. The normalized spacial score (nSPS) is 14.3. The van der Waals surface area contributed by atoms with Gasteiger partial charge in [0.25, 0.3) is 0 Å². The molecule has 0 bridgehead atoms. The fourth-order valence-corrected chi connectivity index (χ4v) is 3.06. The highest BCUT2D eigenvalue weighted by atomic mass is 35.5. The highest BCUT2D eigenvalue weighted by molar-refractivity contribution is 6.34. The van der Waals surface area contributed by atoms with Gasteiger partial charge in [-0.1, -0.05) is 41.9 Å². The number of urea groups is 1. The Morgan fingerprint density at radius 1 is 1.19 bits per heavy atom. The third-order valence-electron chi connectivity index (χ3n) is 4.33. The van der Waals surface area contributed by atoms with E-state index in [4.69, 9.17) is 11.6 Å². The maximum absolute atomic E-state index is 12.8. The van der Waals surface area contributed by atoms with Crippen LogP contribution in [0.3, 0.4) is 0 Å². The van der Waals surface area contributed by atoms with E-state index in [1.165, 1.54) is 6.92 Å². The van der Waals surface area contributed by atoms with Crippen molar-refractivity contribution < 1.29 is 14.7 Å². The van der Waals surface area contributed by atoms with Crippen molar-refractivity contribution in [1.29, 1.82) is 0 Å². The number of carbonyl (C=O) groups excluding carboxylic acids is 2. The second kappa shape index (κ2) is 8.41. The molecule has 142 valence electrons. The highest BCUT2D eigenvalue weighted by Crippen LogP contribution is 2.31. The van der Waals surface area contributed by atoms with Gasteiger partial charge in [-0.15, -0.1) is 0 Å². The van der Waals surface area contributed by atoms with E-state index in [1.807, 2.05) is 30.3 Å². The number of carbonyl (C=O) groups is 2. The van der Waals surface area contributed by atoms with Crippen LogP contribution < -0.4 is 10.6 Å². The van der Waals surface area contributed by atoms with E-state index in [0.717, 1.165) is 18.4 Å². The zero-order valence-corrected chi connectivity index (χ0v) is 15.7. The molecular formula is C20H22ClN3O3. The third kappa shape index (κ3) is 5.21. The summed E-state index contributed by atoms with van der Waals surface area (Å²) in [5.41, 5.74) is 1.79. The number of aliphatic hydroxyl groups is 1. The Bertz CT molecular complexity index is 824. The summed E-state index contributed by atoms with van der Waals surface area (Å²) in [5, 5.41) is 16.2. The highest BCUT2D eigenvalue weighted by Gasteiger charge is 2.34. The van der Waals surface area contributed by atoms with Crippen LogP contribution in [0.4, 0.5) is 16.2 Å². The third-order valence-corrected chi connectivity index (χ3v) is 4.65. The quantitative estimate of drug-likeness (QED) is 0.699. The number of nitrogens with zero attached hydrogens (tertiary/aromatic N) is 1. The molecule has 6 nitrogen and oxygen atoms in total. The van der Waals surface area contributed by atoms with Crippen LogP contribution in [0.5, 0.6) is 0 Å². The fourth-order valence-electron chi connectivity index (χ4n) is 2.84. The number of hydrogen-bond acceptors (Lipinski definition) is 3. The Kier molecular flexibility index (Phi) is 5.98. The molecule has 1 saturated carbocycles. The van der Waals surface area contributed by atoms with Gasteiger partial charge in [0.1, 0.15) is 0 Å². The largest absolute Gasteiger partial charge is 0.387 e. The van der Waals surface area contributed by atoms with Gasteiger partial charge in [0.15, 0.2) is 0 Å². The average molecular weight is 388 g/mol. The lowest BCUT2D eigenvalue weighted by Gasteiger charge is -2.26. The molecule has 0 heterocycles. The van der Waals surface area contributed by atoms with Crippen molar-refractivity contribution in [2.75, 3.05) is 17.2 Å². The Morgan fingerprint density at radius 3 is 2.48 bits per heavy atom. The number of nitrogens with one attached hydrogen (secondary N) is 2. The Hall–Kier alpha value is -2.57. The Balaban J connectivity index is 1.68. The van der Waals surface area contributed by atoms with Crippen LogP contribution in [0.1, 0.15) is 31.4 Å². The van der Waals surface area contributed by atoms with Gasteiger partial charge in [0.2, 0.25) is 5.91 Å². The first kappa shape index (κ1) is 19.2. The number of amides is 3. The van der Waals surface area contributed by atoms with Gasteiger partial charge in [-0.2, -0.15) is 0 Å². The lowest BCUT2D eigenvalue weighted by atomic mass is 10.1. The summed E-state index contributed by atoms with van der Waals surface area (Å²) in [6.07, 6.45) is 1.09. The van der Waals surface area contributed by atoms with Crippen molar-refractivity contribution in [2.45, 2.75) is 31.9 Å². The molecule has 1 atom stereocenters. The predicted molar refractivity (Wildman–Crippen MR) is 106 cm³/mol. The van der Waals surface area contributed by atoms with E-state index in [2.05, 4.69) is 10.6 Å². The number of hydrogen-bond donors (Lipinski definition) is 3. The van der Waals surface area contributed by atoms with Crippen LogP contribution in [-0.4, -0.2) is 34.5 Å². The van der Waals surface area contributed by atoms with E-state index >= 15 is 0 Å². The smallest absolute Gasteiger partial charge is 0.322 e. The molecular weight excluding hydrogens is 366 g/mol. The van der Waals surface area contributed by atoms with Gasteiger partial charge in [-0.05, 0) is 36.6 Å². The zero-order valence-electron chi connectivity index (χ0n) is 15.0. The number of halogens is 1. The molecule has 1 aliphatic rings. The monoisotopic (exact) mass is 387 g/mol. The van der Waals surface area contributed by atoms with Gasteiger partial charge in [0, 0.05) is 18.7 Å². The first-order valence-electron chi connectivity index (χ1n) is 8.82. The van der Waals surface area contributed by atoms with Crippen molar-refractivity contribution in [3.63, 3.8) is 0 Å². The minimum Gasteiger partial charge on any atom is -0.387 e. The van der Waals surface area contributed by atoms with E-state index in [1.54, 1.807) is 23.1 Å². The van der Waals surface area contributed by atoms with Crippen LogP contribution >= 0.6 is 11.6 Å². The predicted octanol–water partition coefficient (Wildman–Crippen LogP) is 4.03. The van der Waals surface area contributed by atoms with Crippen LogP contribution in [-0.2, 0) is 4.79 Å². The number of benzene rings is 2. The van der Waals surface area contributed by atoms with Crippen molar-refractivity contribution in [3.8, 4) is 0 Å². The van der Waals surface area contributed by atoms with Crippen molar-refractivity contribution in [1.82, 2.24) is 4.90 Å². The topological polar surface area (TPSA) is 81.7 Å². The molecule has 3 rings (SSSR count). The Morgan fingerprint density at radius 2 is 1.89 bits per heavy atom. The molecule has 0 aromatic heterocycles. The van der Waals surface area contributed by atoms with Gasteiger partial charge in [-0.3, -0.25) is 4.79 Å². The summed E-state index contributed by atoms with van der Waals surface area (Å²) in [6, 6.07) is 14.0. The molecule has 0 radical (unpaired) electrons. The molecule has 3 amide bonds. The summed E-state index contributed by atoms with van der Waals surface area (Å²) in [6.45, 7) is 1.62. The van der Waals surface area contributed by atoms with Gasteiger partial charge in [-0.25, -0.2) is 4.79 Å². The summed E-state index contributed by atoms with van der Waals surface area (Å²) >= 11 is 6.22. The molecule has 2 aromatic rings.